The summed E-state index contributed by atoms with van der Waals surface area (Å²) in [5, 5.41) is 0.00367. The molecule has 88 valence electrons. The van der Waals surface area contributed by atoms with Crippen molar-refractivity contribution in [1.82, 2.24) is 0 Å². The molecule has 1 atom stereocenters. The number of carbonyl (C=O) groups is 1. The standard InChI is InChI=1S/C11H24O2Si2/c1-10(2)11(13-10,15(6,7)8)9(12)14(3,4)5/h1-8H3. The molecule has 1 heterocycles. The van der Waals surface area contributed by atoms with Crippen molar-refractivity contribution < 1.29 is 9.53 Å². The minimum atomic E-state index is -1.76. The van der Waals surface area contributed by atoms with Crippen molar-refractivity contribution >= 4 is 21.6 Å². The number of hydrogen-bond donors (Lipinski definition) is 0. The second-order valence-electron chi connectivity index (χ2n) is 7.12. The third-order valence-corrected chi connectivity index (χ3v) is 8.28. The average molecular weight is 244 g/mol. The molecule has 0 spiro atoms. The van der Waals surface area contributed by atoms with Crippen molar-refractivity contribution in [3.63, 3.8) is 0 Å². The summed E-state index contributed by atoms with van der Waals surface area (Å²) in [6, 6.07) is 0. The minimum Gasteiger partial charge on any atom is -0.359 e. The molecule has 15 heavy (non-hydrogen) atoms. The Morgan fingerprint density at radius 3 is 1.40 bits per heavy atom. The zero-order valence-corrected chi connectivity index (χ0v) is 13.3. The maximum atomic E-state index is 12.6. The summed E-state index contributed by atoms with van der Waals surface area (Å²) in [7, 11) is -3.38. The van der Waals surface area contributed by atoms with E-state index in [2.05, 4.69) is 53.1 Å². The van der Waals surface area contributed by atoms with Crippen molar-refractivity contribution in [3.05, 3.63) is 0 Å². The fourth-order valence-corrected chi connectivity index (χ4v) is 9.31. The molecule has 1 aliphatic heterocycles. The highest BCUT2D eigenvalue weighted by molar-refractivity contribution is 7.08. The van der Waals surface area contributed by atoms with E-state index in [1.165, 1.54) is 0 Å². The van der Waals surface area contributed by atoms with Crippen LogP contribution < -0.4 is 0 Å². The van der Waals surface area contributed by atoms with Crippen LogP contribution in [0.2, 0.25) is 39.3 Å². The van der Waals surface area contributed by atoms with Gasteiger partial charge in [-0.1, -0.05) is 39.3 Å². The van der Waals surface area contributed by atoms with Crippen molar-refractivity contribution in [2.75, 3.05) is 0 Å². The van der Waals surface area contributed by atoms with E-state index >= 15 is 0 Å². The van der Waals surface area contributed by atoms with E-state index in [9.17, 15) is 4.79 Å². The summed E-state index contributed by atoms with van der Waals surface area (Å²) in [6.45, 7) is 17.2. The van der Waals surface area contributed by atoms with Gasteiger partial charge in [0.2, 0.25) is 0 Å². The molecule has 1 fully saturated rings. The van der Waals surface area contributed by atoms with Crippen molar-refractivity contribution in [1.29, 1.82) is 0 Å². The fourth-order valence-electron chi connectivity index (χ4n) is 2.60. The summed E-state index contributed by atoms with van der Waals surface area (Å²) >= 11 is 0. The molecule has 0 radical (unpaired) electrons. The lowest BCUT2D eigenvalue weighted by Gasteiger charge is -2.31. The summed E-state index contributed by atoms with van der Waals surface area (Å²) < 4.78 is 5.89. The second kappa shape index (κ2) is 3.05. The van der Waals surface area contributed by atoms with Gasteiger partial charge in [0.1, 0.15) is 18.7 Å². The topological polar surface area (TPSA) is 29.6 Å². The lowest BCUT2D eigenvalue weighted by atomic mass is 10.1. The van der Waals surface area contributed by atoms with Crippen LogP contribution in [0.15, 0.2) is 0 Å². The van der Waals surface area contributed by atoms with Crippen LogP contribution in [0.1, 0.15) is 13.8 Å². The summed E-state index contributed by atoms with van der Waals surface area (Å²) in [4.78, 5) is 12.6. The summed E-state index contributed by atoms with van der Waals surface area (Å²) in [5.74, 6) is 0. The quantitative estimate of drug-likeness (QED) is 0.564. The molecule has 1 saturated heterocycles. The van der Waals surface area contributed by atoms with E-state index in [0.29, 0.717) is 5.41 Å². The van der Waals surface area contributed by atoms with Crippen LogP contribution in [0.4, 0.5) is 0 Å². The predicted molar refractivity (Wildman–Crippen MR) is 69.6 cm³/mol. The first kappa shape index (κ1) is 13.1. The molecule has 0 aromatic carbocycles. The van der Waals surface area contributed by atoms with Gasteiger partial charge in [-0.15, -0.1) is 0 Å². The van der Waals surface area contributed by atoms with Gasteiger partial charge < -0.3 is 9.53 Å². The molecule has 4 heteroatoms. The van der Waals surface area contributed by atoms with Gasteiger partial charge in [0.05, 0.1) is 13.7 Å². The van der Waals surface area contributed by atoms with Gasteiger partial charge in [0.25, 0.3) is 0 Å². The summed E-state index contributed by atoms with van der Waals surface area (Å²) in [5.41, 5.74) is -0.227. The van der Waals surface area contributed by atoms with Crippen LogP contribution in [-0.4, -0.2) is 32.4 Å². The van der Waals surface area contributed by atoms with Crippen molar-refractivity contribution in [2.45, 2.75) is 64.0 Å². The van der Waals surface area contributed by atoms with Gasteiger partial charge in [-0.2, -0.15) is 0 Å². The van der Waals surface area contributed by atoms with Gasteiger partial charge in [-0.25, -0.2) is 0 Å². The van der Waals surface area contributed by atoms with E-state index in [1.54, 1.807) is 0 Å². The SMILES string of the molecule is CC1(C)OC1(C(=O)[Si](C)(C)C)[Si](C)(C)C. The molecule has 1 aliphatic rings. The Morgan fingerprint density at radius 1 is 1.00 bits per heavy atom. The zero-order chi connectivity index (χ0) is 12.3. The Morgan fingerprint density at radius 2 is 1.33 bits per heavy atom. The first-order chi connectivity index (χ1) is 6.36. The number of epoxide rings is 1. The summed E-state index contributed by atoms with van der Waals surface area (Å²) in [6.07, 6.45) is 0. The molecule has 0 saturated carbocycles. The second-order valence-corrected chi connectivity index (χ2v) is 17.3. The minimum absolute atomic E-state index is 0.227. The fraction of sp³-hybridized carbons (Fsp3) is 0.909. The Labute approximate surface area is 95.4 Å². The Balaban J connectivity index is 3.15. The van der Waals surface area contributed by atoms with Crippen LogP contribution in [0, 0.1) is 0 Å². The highest BCUT2D eigenvalue weighted by Crippen LogP contribution is 2.55. The third kappa shape index (κ3) is 1.76. The molecule has 2 nitrogen and oxygen atoms in total. The normalized spacial score (nSPS) is 30.1. The number of ether oxygens (including phenoxy) is 1. The van der Waals surface area contributed by atoms with E-state index in [1.807, 2.05) is 0 Å². The highest BCUT2D eigenvalue weighted by atomic mass is 28.3. The molecule has 1 rings (SSSR count). The Hall–Kier alpha value is 0.0638. The van der Waals surface area contributed by atoms with Gasteiger partial charge in [0, 0.05) is 0 Å². The molecular weight excluding hydrogens is 220 g/mol. The maximum absolute atomic E-state index is 12.6. The smallest absolute Gasteiger partial charge is 0.141 e. The van der Waals surface area contributed by atoms with Gasteiger partial charge in [-0.05, 0) is 13.8 Å². The highest BCUT2D eigenvalue weighted by Gasteiger charge is 2.75. The maximum Gasteiger partial charge on any atom is 0.141 e. The molecule has 0 aromatic rings. The molecule has 0 bridgehead atoms. The lowest BCUT2D eigenvalue weighted by molar-refractivity contribution is -0.115. The number of rotatable bonds is 3. The monoisotopic (exact) mass is 244 g/mol. The molecular formula is C11H24O2Si2. The molecule has 0 aliphatic carbocycles. The van der Waals surface area contributed by atoms with Crippen LogP contribution in [-0.2, 0) is 9.53 Å². The molecule has 1 unspecified atom stereocenters. The largest absolute Gasteiger partial charge is 0.359 e. The Kier molecular flexibility index (Phi) is 2.67. The molecule has 0 N–H and O–H groups in total. The third-order valence-electron chi connectivity index (χ3n) is 3.27. The van der Waals surface area contributed by atoms with Gasteiger partial charge >= 0.3 is 0 Å². The van der Waals surface area contributed by atoms with E-state index in [0.717, 1.165) is 0 Å². The van der Waals surface area contributed by atoms with Crippen molar-refractivity contribution in [2.24, 2.45) is 0 Å². The number of hydrogen-bond acceptors (Lipinski definition) is 2. The van der Waals surface area contributed by atoms with Gasteiger partial charge in [0.15, 0.2) is 0 Å². The van der Waals surface area contributed by atoms with Crippen molar-refractivity contribution in [3.8, 4) is 0 Å². The first-order valence-corrected chi connectivity index (χ1v) is 12.6. The van der Waals surface area contributed by atoms with Crippen LogP contribution in [0.3, 0.4) is 0 Å². The molecule has 0 amide bonds. The Bertz CT molecular complexity index is 297. The van der Waals surface area contributed by atoms with Crippen LogP contribution in [0.25, 0.3) is 0 Å². The van der Waals surface area contributed by atoms with E-state index in [-0.39, 0.29) is 5.60 Å². The van der Waals surface area contributed by atoms with Crippen LogP contribution >= 0.6 is 0 Å². The predicted octanol–water partition coefficient (Wildman–Crippen LogP) is 2.86. The van der Waals surface area contributed by atoms with Gasteiger partial charge in [-0.3, -0.25) is 0 Å². The molecule has 0 aromatic heterocycles. The van der Waals surface area contributed by atoms with Crippen LogP contribution in [0.5, 0.6) is 0 Å². The lowest BCUT2D eigenvalue weighted by Crippen LogP contribution is -2.59. The zero-order valence-electron chi connectivity index (χ0n) is 11.3. The number of carbonyl (C=O) groups excluding carboxylic acids is 1. The van der Waals surface area contributed by atoms with E-state index < -0.39 is 21.4 Å². The first-order valence-electron chi connectivity index (χ1n) is 5.61. The van der Waals surface area contributed by atoms with E-state index in [4.69, 9.17) is 4.74 Å². The average Bonchev–Trinajstić information content (AvgIpc) is 2.50.